The molecule has 0 N–H and O–H groups in total. The first-order valence-electron chi connectivity index (χ1n) is 7.97. The number of alkyl halides is 3. The third-order valence-electron chi connectivity index (χ3n) is 3.37. The summed E-state index contributed by atoms with van der Waals surface area (Å²) in [6, 6.07) is 3.91. The Morgan fingerprint density at radius 1 is 1.30 bits per heavy atom. The summed E-state index contributed by atoms with van der Waals surface area (Å²) in [6.45, 7) is 3.19. The number of tetrazole rings is 1. The normalized spacial score (nSPS) is 11.4. The zero-order valence-electron chi connectivity index (χ0n) is 14.6. The topological polar surface area (TPSA) is 91.5 Å². The number of rotatable bonds is 7. The molecule has 1 amide bonds. The van der Waals surface area contributed by atoms with Crippen LogP contribution in [0.4, 0.5) is 18.0 Å². The first-order chi connectivity index (χ1) is 12.7. The second-order valence-electron chi connectivity index (χ2n) is 5.38. The summed E-state index contributed by atoms with van der Waals surface area (Å²) in [4.78, 5) is 25.9. The monoisotopic (exact) mass is 389 g/mol. The maximum absolute atomic E-state index is 12.4. The zero-order chi connectivity index (χ0) is 20.0. The molecule has 0 aliphatic carbocycles. The van der Waals surface area contributed by atoms with Crippen molar-refractivity contribution in [2.45, 2.75) is 19.7 Å². The minimum absolute atomic E-state index is 0.0280. The van der Waals surface area contributed by atoms with Gasteiger partial charge in [0.25, 0.3) is 0 Å². The molecule has 2 rings (SSSR count). The highest BCUT2D eigenvalue weighted by molar-refractivity contribution is 5.75. The summed E-state index contributed by atoms with van der Waals surface area (Å²) in [5.74, 6) is -0.527. The van der Waals surface area contributed by atoms with Crippen LogP contribution in [-0.2, 0) is 4.74 Å². The molecular formula is C15H18F3N5O4. The highest BCUT2D eigenvalue weighted by atomic mass is 19.4. The van der Waals surface area contributed by atoms with Crippen molar-refractivity contribution in [3.8, 4) is 11.4 Å². The van der Waals surface area contributed by atoms with E-state index >= 15 is 0 Å². The summed E-state index contributed by atoms with van der Waals surface area (Å²) in [7, 11) is 1.48. The van der Waals surface area contributed by atoms with Crippen LogP contribution < -0.4 is 10.4 Å². The van der Waals surface area contributed by atoms with E-state index in [-0.39, 0.29) is 5.69 Å². The quantitative estimate of drug-likeness (QED) is 0.528. The fraction of sp³-hybridized carbons (Fsp3) is 0.467. The van der Waals surface area contributed by atoms with Crippen molar-refractivity contribution in [3.63, 3.8) is 0 Å². The number of amides is 1. The number of hydrogen-bond donors (Lipinski definition) is 0. The standard InChI is InChI=1S/C15H18F3N5O4/c1-3-26-9-5-8-21(2)13(24)23-14(25)22(19-20-23)11-6-4-7-12(10-11)27-15(16,17)18/h4,6-7,10H,3,5,8-9H2,1-2H3. The Balaban J connectivity index is 2.16. The Bertz CT molecular complexity index is 833. The maximum atomic E-state index is 12.4. The summed E-state index contributed by atoms with van der Waals surface area (Å²) >= 11 is 0. The van der Waals surface area contributed by atoms with Crippen molar-refractivity contribution in [2.75, 3.05) is 26.8 Å². The van der Waals surface area contributed by atoms with Crippen LogP contribution in [0.1, 0.15) is 13.3 Å². The van der Waals surface area contributed by atoms with E-state index < -0.39 is 23.8 Å². The van der Waals surface area contributed by atoms with Gasteiger partial charge in [0.2, 0.25) is 0 Å². The molecule has 0 atom stereocenters. The molecule has 1 aromatic heterocycles. The number of carbonyl (C=O) groups excluding carboxylic acids is 1. The molecule has 0 bridgehead atoms. The number of nitrogens with zero attached hydrogens (tertiary/aromatic N) is 5. The Morgan fingerprint density at radius 3 is 2.70 bits per heavy atom. The van der Waals surface area contributed by atoms with Crippen molar-refractivity contribution in [2.24, 2.45) is 0 Å². The van der Waals surface area contributed by atoms with E-state index in [0.29, 0.717) is 35.5 Å². The van der Waals surface area contributed by atoms with Crippen LogP contribution in [0.25, 0.3) is 5.69 Å². The molecule has 0 fully saturated rings. The smallest absolute Gasteiger partial charge is 0.406 e. The summed E-state index contributed by atoms with van der Waals surface area (Å²) < 4.78 is 47.2. The number of halogens is 3. The molecule has 0 aliphatic rings. The third kappa shape index (κ3) is 5.54. The van der Waals surface area contributed by atoms with E-state index in [0.717, 1.165) is 12.1 Å². The van der Waals surface area contributed by atoms with Crippen molar-refractivity contribution in [3.05, 3.63) is 34.7 Å². The van der Waals surface area contributed by atoms with Gasteiger partial charge in [-0.25, -0.2) is 9.59 Å². The van der Waals surface area contributed by atoms with E-state index in [1.165, 1.54) is 24.1 Å². The Kier molecular flexibility index (Phi) is 6.55. The molecule has 2 aromatic rings. The minimum atomic E-state index is -4.87. The summed E-state index contributed by atoms with van der Waals surface area (Å²) in [5, 5.41) is 7.04. The van der Waals surface area contributed by atoms with Gasteiger partial charge < -0.3 is 14.4 Å². The molecule has 0 saturated carbocycles. The predicted molar refractivity (Wildman–Crippen MR) is 86.8 cm³/mol. The van der Waals surface area contributed by atoms with E-state index in [1.807, 2.05) is 6.92 Å². The molecule has 0 saturated heterocycles. The molecular weight excluding hydrogens is 371 g/mol. The minimum Gasteiger partial charge on any atom is -0.406 e. The highest BCUT2D eigenvalue weighted by Crippen LogP contribution is 2.23. The van der Waals surface area contributed by atoms with Gasteiger partial charge in [-0.1, -0.05) is 6.07 Å². The van der Waals surface area contributed by atoms with Gasteiger partial charge in [-0.3, -0.25) is 0 Å². The summed E-state index contributed by atoms with van der Waals surface area (Å²) in [6.07, 6.45) is -4.31. The molecule has 0 spiro atoms. The lowest BCUT2D eigenvalue weighted by atomic mass is 10.3. The van der Waals surface area contributed by atoms with Crippen molar-refractivity contribution < 1.29 is 27.4 Å². The Hall–Kier alpha value is -2.89. The van der Waals surface area contributed by atoms with Gasteiger partial charge in [0.1, 0.15) is 5.75 Å². The third-order valence-corrected chi connectivity index (χ3v) is 3.37. The van der Waals surface area contributed by atoms with Crippen molar-refractivity contribution in [1.82, 2.24) is 24.7 Å². The van der Waals surface area contributed by atoms with Crippen LogP contribution in [-0.4, -0.2) is 63.9 Å². The van der Waals surface area contributed by atoms with Gasteiger partial charge in [0, 0.05) is 32.9 Å². The molecule has 1 aromatic carbocycles. The second kappa shape index (κ2) is 8.66. The second-order valence-corrected chi connectivity index (χ2v) is 5.38. The number of hydrogen-bond acceptors (Lipinski definition) is 6. The lowest BCUT2D eigenvalue weighted by molar-refractivity contribution is -0.274. The van der Waals surface area contributed by atoms with Crippen LogP contribution in [0.15, 0.2) is 29.1 Å². The number of aromatic nitrogens is 4. The first kappa shape index (κ1) is 20.4. The van der Waals surface area contributed by atoms with Crippen LogP contribution in [0.3, 0.4) is 0 Å². The molecule has 0 aliphatic heterocycles. The summed E-state index contributed by atoms with van der Waals surface area (Å²) in [5.41, 5.74) is -0.944. The van der Waals surface area contributed by atoms with E-state index in [1.54, 1.807) is 0 Å². The van der Waals surface area contributed by atoms with Crippen LogP contribution in [0, 0.1) is 0 Å². The van der Waals surface area contributed by atoms with Crippen LogP contribution in [0.5, 0.6) is 5.75 Å². The van der Waals surface area contributed by atoms with Crippen LogP contribution in [0.2, 0.25) is 0 Å². The first-order valence-corrected chi connectivity index (χ1v) is 7.97. The molecule has 12 heteroatoms. The SMILES string of the molecule is CCOCCCN(C)C(=O)n1nnn(-c2cccc(OC(F)(F)F)c2)c1=O. The average Bonchev–Trinajstić information content (AvgIpc) is 2.98. The fourth-order valence-corrected chi connectivity index (χ4v) is 2.15. The van der Waals surface area contributed by atoms with Crippen molar-refractivity contribution >= 4 is 6.03 Å². The fourth-order valence-electron chi connectivity index (χ4n) is 2.15. The van der Waals surface area contributed by atoms with Gasteiger partial charge in [-0.15, -0.1) is 17.9 Å². The molecule has 148 valence electrons. The van der Waals surface area contributed by atoms with E-state index in [4.69, 9.17) is 4.74 Å². The van der Waals surface area contributed by atoms with Gasteiger partial charge in [-0.2, -0.15) is 4.68 Å². The van der Waals surface area contributed by atoms with Gasteiger partial charge in [-0.05, 0) is 35.9 Å². The van der Waals surface area contributed by atoms with E-state index in [2.05, 4.69) is 15.2 Å². The van der Waals surface area contributed by atoms with Gasteiger partial charge >= 0.3 is 18.1 Å². The Labute approximate surface area is 151 Å². The zero-order valence-corrected chi connectivity index (χ0v) is 14.6. The molecule has 1 heterocycles. The van der Waals surface area contributed by atoms with Gasteiger partial charge in [0.15, 0.2) is 0 Å². The number of ether oxygens (including phenoxy) is 2. The number of carbonyl (C=O) groups is 1. The van der Waals surface area contributed by atoms with Crippen molar-refractivity contribution in [1.29, 1.82) is 0 Å². The van der Waals surface area contributed by atoms with E-state index in [9.17, 15) is 22.8 Å². The van der Waals surface area contributed by atoms with Gasteiger partial charge in [0.05, 0.1) is 5.69 Å². The molecule has 27 heavy (non-hydrogen) atoms. The number of benzene rings is 1. The lowest BCUT2D eigenvalue weighted by Crippen LogP contribution is -2.39. The molecule has 9 nitrogen and oxygen atoms in total. The largest absolute Gasteiger partial charge is 0.573 e. The molecule has 0 radical (unpaired) electrons. The maximum Gasteiger partial charge on any atom is 0.573 e. The Morgan fingerprint density at radius 2 is 2.04 bits per heavy atom. The average molecular weight is 389 g/mol. The molecule has 0 unspecified atom stereocenters. The van der Waals surface area contributed by atoms with Crippen LogP contribution >= 0.6 is 0 Å². The lowest BCUT2D eigenvalue weighted by Gasteiger charge is -2.15. The predicted octanol–water partition coefficient (Wildman–Crippen LogP) is 1.65. The highest BCUT2D eigenvalue weighted by Gasteiger charge is 2.31.